The molecule has 1 spiro atoms. The average molecular weight is 375 g/mol. The summed E-state index contributed by atoms with van der Waals surface area (Å²) >= 11 is 1.54. The Balaban J connectivity index is 1.18. The van der Waals surface area contributed by atoms with Crippen LogP contribution in [0.4, 0.5) is 4.39 Å². The van der Waals surface area contributed by atoms with Crippen molar-refractivity contribution >= 4 is 17.2 Å². The van der Waals surface area contributed by atoms with Crippen LogP contribution in [0.3, 0.4) is 0 Å². The molecule has 1 aromatic carbocycles. The van der Waals surface area contributed by atoms with Gasteiger partial charge in [-0.2, -0.15) is 11.3 Å². The maximum Gasteiger partial charge on any atom is 0.254 e. The molecule has 1 amide bonds. The molecule has 0 N–H and O–H groups in total. The normalized spacial score (nSPS) is 21.1. The molecule has 26 heavy (non-hydrogen) atoms. The summed E-state index contributed by atoms with van der Waals surface area (Å²) in [4.78, 5) is 14.2. The van der Waals surface area contributed by atoms with Gasteiger partial charge < -0.3 is 14.4 Å². The number of rotatable bonds is 6. The number of ether oxygens (including phenoxy) is 2. The number of carbonyl (C=O) groups excluding carboxylic acids is 1. The van der Waals surface area contributed by atoms with Crippen LogP contribution in [0.15, 0.2) is 41.1 Å². The topological polar surface area (TPSA) is 38.8 Å². The molecule has 2 saturated heterocycles. The van der Waals surface area contributed by atoms with Gasteiger partial charge in [0.2, 0.25) is 0 Å². The van der Waals surface area contributed by atoms with Crippen LogP contribution in [0.1, 0.15) is 28.8 Å². The van der Waals surface area contributed by atoms with E-state index in [1.54, 1.807) is 12.1 Å². The molecule has 6 heteroatoms. The second-order valence-corrected chi connectivity index (χ2v) is 7.95. The smallest absolute Gasteiger partial charge is 0.254 e. The lowest BCUT2D eigenvalue weighted by Gasteiger charge is -2.47. The van der Waals surface area contributed by atoms with Gasteiger partial charge in [0, 0.05) is 17.6 Å². The standard InChI is InChI=1S/C20H22FNO3S/c21-18-4-2-1-3-16(18)11-24-7-5-15-9-20(25-10-15)13-22(14-20)19(23)17-6-8-26-12-17/h1-4,6,8,12,15H,5,7,9-11,13-14H2. The molecule has 2 fully saturated rings. The highest BCUT2D eigenvalue weighted by molar-refractivity contribution is 7.08. The van der Waals surface area contributed by atoms with Gasteiger partial charge in [0.25, 0.3) is 5.91 Å². The number of hydrogen-bond acceptors (Lipinski definition) is 4. The Morgan fingerprint density at radius 2 is 2.19 bits per heavy atom. The van der Waals surface area contributed by atoms with Gasteiger partial charge in [-0.15, -0.1) is 0 Å². The summed E-state index contributed by atoms with van der Waals surface area (Å²) in [7, 11) is 0. The fraction of sp³-hybridized carbons (Fsp3) is 0.450. The minimum Gasteiger partial charge on any atom is -0.377 e. The quantitative estimate of drug-likeness (QED) is 0.722. The van der Waals surface area contributed by atoms with Crippen LogP contribution in [-0.2, 0) is 16.1 Å². The third kappa shape index (κ3) is 3.68. The first kappa shape index (κ1) is 17.6. The molecular weight excluding hydrogens is 353 g/mol. The number of thiophene rings is 1. The van der Waals surface area contributed by atoms with Gasteiger partial charge in [-0.25, -0.2) is 4.39 Å². The molecule has 0 saturated carbocycles. The molecule has 2 aliphatic heterocycles. The minimum absolute atomic E-state index is 0.0946. The molecule has 0 bridgehead atoms. The van der Waals surface area contributed by atoms with Crippen LogP contribution >= 0.6 is 11.3 Å². The Kier molecular flexibility index (Phi) is 5.07. The molecule has 3 heterocycles. The summed E-state index contributed by atoms with van der Waals surface area (Å²) in [6.45, 7) is 2.95. The van der Waals surface area contributed by atoms with Crippen LogP contribution in [0.5, 0.6) is 0 Å². The Labute approximate surface area is 156 Å². The highest BCUT2D eigenvalue weighted by Crippen LogP contribution is 2.39. The third-order valence-corrected chi connectivity index (χ3v) is 5.87. The van der Waals surface area contributed by atoms with Gasteiger partial charge in [-0.05, 0) is 36.3 Å². The minimum atomic E-state index is -0.222. The van der Waals surface area contributed by atoms with Crippen molar-refractivity contribution < 1.29 is 18.7 Å². The van der Waals surface area contributed by atoms with Crippen molar-refractivity contribution in [1.82, 2.24) is 4.90 Å². The Morgan fingerprint density at radius 3 is 2.96 bits per heavy atom. The Morgan fingerprint density at radius 1 is 1.35 bits per heavy atom. The van der Waals surface area contributed by atoms with Gasteiger partial charge in [-0.1, -0.05) is 18.2 Å². The van der Waals surface area contributed by atoms with Crippen molar-refractivity contribution in [2.24, 2.45) is 5.92 Å². The lowest BCUT2D eigenvalue weighted by Crippen LogP contribution is -2.63. The maximum absolute atomic E-state index is 13.5. The fourth-order valence-electron chi connectivity index (χ4n) is 3.75. The zero-order valence-electron chi connectivity index (χ0n) is 14.5. The number of amides is 1. The molecule has 138 valence electrons. The van der Waals surface area contributed by atoms with E-state index in [1.807, 2.05) is 27.8 Å². The summed E-state index contributed by atoms with van der Waals surface area (Å²) in [5.41, 5.74) is 1.19. The zero-order chi connectivity index (χ0) is 18.0. The molecule has 1 aromatic heterocycles. The number of nitrogens with zero attached hydrogens (tertiary/aromatic N) is 1. The van der Waals surface area contributed by atoms with Crippen LogP contribution in [0.2, 0.25) is 0 Å². The first-order chi connectivity index (χ1) is 12.7. The van der Waals surface area contributed by atoms with E-state index in [-0.39, 0.29) is 17.3 Å². The number of likely N-dealkylation sites (tertiary alicyclic amines) is 1. The molecule has 4 rings (SSSR count). The zero-order valence-corrected chi connectivity index (χ0v) is 15.3. The van der Waals surface area contributed by atoms with Crippen molar-refractivity contribution in [3.63, 3.8) is 0 Å². The highest BCUT2D eigenvalue weighted by atomic mass is 32.1. The summed E-state index contributed by atoms with van der Waals surface area (Å²) in [6, 6.07) is 8.56. The van der Waals surface area contributed by atoms with Crippen LogP contribution in [0.25, 0.3) is 0 Å². The monoisotopic (exact) mass is 375 g/mol. The summed E-state index contributed by atoms with van der Waals surface area (Å²) in [5, 5.41) is 3.81. The lowest BCUT2D eigenvalue weighted by molar-refractivity contribution is -0.0950. The fourth-order valence-corrected chi connectivity index (χ4v) is 4.38. The second kappa shape index (κ2) is 7.47. The first-order valence-electron chi connectivity index (χ1n) is 8.92. The van der Waals surface area contributed by atoms with E-state index in [0.29, 0.717) is 44.4 Å². The summed E-state index contributed by atoms with van der Waals surface area (Å²) < 4.78 is 25.2. The van der Waals surface area contributed by atoms with Crippen molar-refractivity contribution in [3.05, 3.63) is 58.0 Å². The van der Waals surface area contributed by atoms with Crippen LogP contribution in [0, 0.1) is 11.7 Å². The number of halogens is 1. The lowest BCUT2D eigenvalue weighted by atomic mass is 9.86. The summed E-state index contributed by atoms with van der Waals surface area (Å²) in [5.74, 6) is 0.312. The van der Waals surface area contributed by atoms with Gasteiger partial charge in [0.15, 0.2) is 0 Å². The number of benzene rings is 1. The Hall–Kier alpha value is -1.76. The molecule has 0 radical (unpaired) electrons. The van der Waals surface area contributed by atoms with Gasteiger partial charge in [0.05, 0.1) is 31.9 Å². The van der Waals surface area contributed by atoms with E-state index in [0.717, 1.165) is 18.4 Å². The van der Waals surface area contributed by atoms with Crippen molar-refractivity contribution in [2.45, 2.75) is 25.0 Å². The van der Waals surface area contributed by atoms with E-state index in [4.69, 9.17) is 9.47 Å². The molecule has 1 atom stereocenters. The van der Waals surface area contributed by atoms with E-state index < -0.39 is 0 Å². The van der Waals surface area contributed by atoms with Crippen molar-refractivity contribution in [2.75, 3.05) is 26.3 Å². The van der Waals surface area contributed by atoms with Crippen molar-refractivity contribution in [1.29, 1.82) is 0 Å². The summed E-state index contributed by atoms with van der Waals surface area (Å²) in [6.07, 6.45) is 1.86. The molecule has 2 aliphatic rings. The second-order valence-electron chi connectivity index (χ2n) is 7.17. The predicted octanol–water partition coefficient (Wildman–Crippen LogP) is 3.73. The van der Waals surface area contributed by atoms with Gasteiger partial charge >= 0.3 is 0 Å². The SMILES string of the molecule is O=C(c1ccsc1)N1CC2(CC(CCOCc3ccccc3F)CO2)C1. The predicted molar refractivity (Wildman–Crippen MR) is 97.7 cm³/mol. The van der Waals surface area contributed by atoms with E-state index in [1.165, 1.54) is 17.4 Å². The molecule has 0 aliphatic carbocycles. The average Bonchev–Trinajstić information content (AvgIpc) is 3.28. The molecule has 2 aromatic rings. The highest BCUT2D eigenvalue weighted by Gasteiger charge is 2.51. The van der Waals surface area contributed by atoms with Gasteiger partial charge in [0.1, 0.15) is 11.4 Å². The molecular formula is C20H22FNO3S. The van der Waals surface area contributed by atoms with E-state index >= 15 is 0 Å². The van der Waals surface area contributed by atoms with Gasteiger partial charge in [-0.3, -0.25) is 4.79 Å². The number of carbonyl (C=O) groups is 1. The largest absolute Gasteiger partial charge is 0.377 e. The first-order valence-corrected chi connectivity index (χ1v) is 9.86. The van der Waals surface area contributed by atoms with E-state index in [2.05, 4.69) is 0 Å². The van der Waals surface area contributed by atoms with Crippen LogP contribution in [-0.4, -0.2) is 42.7 Å². The van der Waals surface area contributed by atoms with E-state index in [9.17, 15) is 9.18 Å². The number of hydrogen-bond donors (Lipinski definition) is 0. The van der Waals surface area contributed by atoms with Crippen LogP contribution < -0.4 is 0 Å². The third-order valence-electron chi connectivity index (χ3n) is 5.19. The van der Waals surface area contributed by atoms with Crippen molar-refractivity contribution in [3.8, 4) is 0 Å². The molecule has 1 unspecified atom stereocenters. The Bertz CT molecular complexity index is 758. The maximum atomic E-state index is 13.5. The molecule has 4 nitrogen and oxygen atoms in total.